The van der Waals surface area contributed by atoms with E-state index in [-0.39, 0.29) is 37.1 Å². The van der Waals surface area contributed by atoms with Crippen LogP contribution in [-0.4, -0.2) is 6.96 Å². The van der Waals surface area contributed by atoms with E-state index in [9.17, 15) is 20.2 Å². The summed E-state index contributed by atoms with van der Waals surface area (Å²) in [5.41, 5.74) is 0. The van der Waals surface area contributed by atoms with Gasteiger partial charge in [-0.3, -0.25) is 0 Å². The number of hydrogen-bond donors (Lipinski definition) is 2. The monoisotopic (exact) mass is 391 g/mol. The largest absolute Gasteiger partial charge is 1.00 e. The molecule has 0 bridgehead atoms. The zero-order chi connectivity index (χ0) is 5.86. The topological polar surface area (TPSA) is 156 Å². The molecule has 0 aromatic carbocycles. The van der Waals surface area contributed by atoms with Gasteiger partial charge in [-0.05, 0) is 0 Å². The van der Waals surface area contributed by atoms with Crippen LogP contribution in [0.5, 0.6) is 0 Å². The molecule has 0 atom stereocenters. The Hall–Kier alpha value is -0.0117. The van der Waals surface area contributed by atoms with E-state index in [1.165, 1.54) is 0 Å². The summed E-state index contributed by atoms with van der Waals surface area (Å²) in [6.45, 7) is 0. The van der Waals surface area contributed by atoms with Crippen LogP contribution in [0, 0.1) is 20.2 Å². The first-order valence-electron chi connectivity index (χ1n) is 1.01. The third kappa shape index (κ3) is 40.1. The van der Waals surface area contributed by atoms with Gasteiger partial charge in [-0.25, -0.2) is 0 Å². The van der Waals surface area contributed by atoms with Crippen LogP contribution in [0.3, 0.4) is 0 Å². The summed E-state index contributed by atoms with van der Waals surface area (Å²) in [5, 5.41) is 18.4. The van der Waals surface area contributed by atoms with Crippen molar-refractivity contribution in [3.05, 3.63) is 20.2 Å². The molecule has 0 aliphatic carbocycles. The molecule has 0 saturated heterocycles. The molecule has 0 fully saturated rings. The van der Waals surface area contributed by atoms with Crippen molar-refractivity contribution in [3.63, 3.8) is 0 Å². The van der Waals surface area contributed by atoms with Crippen LogP contribution in [0.1, 0.15) is 0 Å². The van der Waals surface area contributed by atoms with Crippen LogP contribution in [0.2, 0.25) is 0 Å². The Kier molecular flexibility index (Phi) is 45.9. The van der Waals surface area contributed by atoms with Gasteiger partial charge in [-0.15, -0.1) is 0 Å². The molecular weight excluding hydrogens is 386 g/mol. The number of nitrogens with zero attached hydrogens (tertiary/aromatic N) is 2. The molecule has 74 valence electrons. The summed E-state index contributed by atoms with van der Waals surface area (Å²) < 4.78 is -1.78. The van der Waals surface area contributed by atoms with Gasteiger partial charge in [0.15, 0.2) is 0 Å². The number of nitro groups is 2. The predicted octanol–water partition coefficient (Wildman–Crippen LogP) is -6.22. The molecule has 8 nitrogen and oxygen atoms in total. The van der Waals surface area contributed by atoms with Crippen LogP contribution in [-0.2, 0) is 19.1 Å². The molecule has 0 amide bonds. The Morgan fingerprint density at radius 2 is 1.09 bits per heavy atom. The van der Waals surface area contributed by atoms with Gasteiger partial charge < -0.3 is 37.1 Å². The van der Waals surface area contributed by atoms with Crippen molar-refractivity contribution in [2.24, 2.45) is 0 Å². The molecule has 11 heteroatoms. The van der Waals surface area contributed by atoms with E-state index in [2.05, 4.69) is 0 Å². The molecular formula is H6Cl2N4O4Pt. The molecule has 0 unspecified atom stereocenters. The Bertz CT molecular complexity index is 96.3. The van der Waals surface area contributed by atoms with E-state index in [4.69, 9.17) is 0 Å². The maximum Gasteiger partial charge on any atom is -1.00 e. The van der Waals surface area contributed by atoms with Crippen LogP contribution >= 0.6 is 0 Å². The zero-order valence-corrected chi connectivity index (χ0v) is 8.80. The standard InChI is InChI=1S/2ClH.2NO2.2H3N.Pt/c;;2*2-1-3;;;/h2*1H;;;2*1H3;/q;;;;;;+2/p-2. The third-order valence-electron chi connectivity index (χ3n) is 0.103. The summed E-state index contributed by atoms with van der Waals surface area (Å²) >= 11 is -2.06. The summed E-state index contributed by atoms with van der Waals surface area (Å²) in [6.07, 6.45) is 0. The van der Waals surface area contributed by atoms with Gasteiger partial charge >= 0.3 is 46.3 Å². The molecule has 0 aliphatic rings. The normalized spacial score (nSPS) is 5.45. The first kappa shape index (κ1) is 30.6. The third-order valence-corrected chi connectivity index (χ3v) is 0.845. The van der Waals surface area contributed by atoms with Crippen LogP contribution in [0.25, 0.3) is 0 Å². The van der Waals surface area contributed by atoms with Gasteiger partial charge in [0.25, 0.3) is 0 Å². The van der Waals surface area contributed by atoms with Gasteiger partial charge in [0.05, 0.1) is 0 Å². The summed E-state index contributed by atoms with van der Waals surface area (Å²) in [7, 11) is 0. The fourth-order valence-corrected chi connectivity index (χ4v) is 0.345. The molecule has 0 aromatic heterocycles. The quantitative estimate of drug-likeness (QED) is 0.352. The van der Waals surface area contributed by atoms with Gasteiger partial charge in [-0.2, -0.15) is 0 Å². The van der Waals surface area contributed by atoms with Crippen LogP contribution in [0.4, 0.5) is 0 Å². The number of hydrogen-bond acceptors (Lipinski definition) is 6. The molecule has 0 aliphatic heterocycles. The fraction of sp³-hybridized carbons (Fsp3) is 0. The zero-order valence-electron chi connectivity index (χ0n) is 5.01. The van der Waals surface area contributed by atoms with E-state index in [0.29, 0.717) is 0 Å². The molecule has 0 aromatic rings. The van der Waals surface area contributed by atoms with Crippen LogP contribution in [0.15, 0.2) is 0 Å². The van der Waals surface area contributed by atoms with Crippen molar-refractivity contribution in [1.29, 1.82) is 0 Å². The molecule has 6 N–H and O–H groups in total. The van der Waals surface area contributed by atoms with Crippen molar-refractivity contribution in [1.82, 2.24) is 12.3 Å². The predicted molar refractivity (Wildman–Crippen MR) is 24.0 cm³/mol. The summed E-state index contributed by atoms with van der Waals surface area (Å²) in [4.78, 5) is 18.4. The van der Waals surface area contributed by atoms with Crippen molar-refractivity contribution in [2.75, 3.05) is 0 Å². The van der Waals surface area contributed by atoms with E-state index in [0.717, 1.165) is 0 Å². The Morgan fingerprint density at radius 1 is 0.909 bits per heavy atom. The molecule has 11 heavy (non-hydrogen) atoms. The maximum atomic E-state index is 9.22. The Morgan fingerprint density at radius 3 is 1.09 bits per heavy atom. The second-order valence-corrected chi connectivity index (χ2v) is 2.56. The van der Waals surface area contributed by atoms with Gasteiger partial charge in [0.2, 0.25) is 0 Å². The van der Waals surface area contributed by atoms with Crippen molar-refractivity contribution < 1.29 is 50.8 Å². The van der Waals surface area contributed by atoms with E-state index in [1.54, 1.807) is 0 Å². The second-order valence-electron chi connectivity index (χ2n) is 0.443. The average Bonchev–Trinajstić information content (AvgIpc) is 1.27. The Balaban J connectivity index is -0.0000000300. The molecule has 0 heterocycles. The molecule has 0 radical (unpaired) electrons. The van der Waals surface area contributed by atoms with E-state index in [1.807, 2.05) is 0 Å². The molecule has 0 rings (SSSR count). The second kappa shape index (κ2) is 16.5. The Labute approximate surface area is 83.5 Å². The average molecular weight is 392 g/mol. The van der Waals surface area contributed by atoms with Crippen molar-refractivity contribution in [3.8, 4) is 0 Å². The maximum absolute atomic E-state index is 9.22. The first-order valence-corrected chi connectivity index (χ1v) is 3.05. The van der Waals surface area contributed by atoms with E-state index < -0.39 is 26.0 Å². The van der Waals surface area contributed by atoms with Crippen LogP contribution < -0.4 is 37.1 Å². The van der Waals surface area contributed by atoms with Crippen molar-refractivity contribution >= 4 is 0 Å². The SMILES string of the molecule is N.N.O=[N+]([O-])[Pt+2][N+](=O)[O-].[Cl-].[Cl-]. The minimum atomic E-state index is -2.06. The molecule has 0 saturated carbocycles. The van der Waals surface area contributed by atoms with Gasteiger partial charge in [-0.1, -0.05) is 0 Å². The summed E-state index contributed by atoms with van der Waals surface area (Å²) in [5.74, 6) is 0. The van der Waals surface area contributed by atoms with E-state index >= 15 is 0 Å². The van der Waals surface area contributed by atoms with Crippen molar-refractivity contribution in [2.45, 2.75) is 0 Å². The number of halogens is 2. The smallest absolute Gasteiger partial charge is 1.00 e. The molecule has 0 spiro atoms. The van der Waals surface area contributed by atoms with Gasteiger partial charge in [0, 0.05) is 0 Å². The van der Waals surface area contributed by atoms with Gasteiger partial charge in [0.1, 0.15) is 0 Å². The number of rotatable bonds is 2. The fourth-order valence-electron chi connectivity index (χ4n) is 0.0422. The summed E-state index contributed by atoms with van der Waals surface area (Å²) in [6, 6.07) is 0. The first-order chi connectivity index (χ1) is 3.13. The minimum Gasteiger partial charge on any atom is -1.00 e. The minimum absolute atomic E-state index is 0.